The standard InChI is InChI=1S/C18H23N6/c1-23-12-13-24(2,3)18(23)22-21-17-10-8-16(9-11-17)20-15-6-4-14(19)5-7-15/h4-13,18,20H,19H2,1-3H3/q+1. The summed E-state index contributed by atoms with van der Waals surface area (Å²) in [5.74, 6) is 0. The van der Waals surface area contributed by atoms with Gasteiger partial charge >= 0.3 is 0 Å². The molecule has 124 valence electrons. The Kier molecular flexibility index (Phi) is 4.22. The monoisotopic (exact) mass is 323 g/mol. The summed E-state index contributed by atoms with van der Waals surface area (Å²) in [5, 5.41) is 12.2. The lowest BCUT2D eigenvalue weighted by molar-refractivity contribution is -0.868. The number of nitrogens with zero attached hydrogens (tertiary/aromatic N) is 4. The average molecular weight is 323 g/mol. The Bertz CT molecular complexity index is 746. The van der Waals surface area contributed by atoms with E-state index in [0.717, 1.165) is 22.7 Å². The molecule has 6 heteroatoms. The van der Waals surface area contributed by atoms with Crippen LogP contribution in [-0.2, 0) is 0 Å². The third-order valence-corrected chi connectivity index (χ3v) is 3.99. The molecular weight excluding hydrogens is 300 g/mol. The van der Waals surface area contributed by atoms with E-state index in [0.29, 0.717) is 4.48 Å². The Morgan fingerprint density at radius 1 is 1.00 bits per heavy atom. The summed E-state index contributed by atoms with van der Waals surface area (Å²) < 4.78 is 0.663. The van der Waals surface area contributed by atoms with Gasteiger partial charge in [-0.3, -0.25) is 4.48 Å². The summed E-state index contributed by atoms with van der Waals surface area (Å²) in [6.07, 6.45) is 4.10. The molecule has 0 aliphatic carbocycles. The topological polar surface area (TPSA) is 66.0 Å². The fourth-order valence-electron chi connectivity index (χ4n) is 2.58. The maximum Gasteiger partial charge on any atom is 0.285 e. The van der Waals surface area contributed by atoms with Crippen molar-refractivity contribution in [3.05, 3.63) is 60.9 Å². The van der Waals surface area contributed by atoms with Crippen molar-refractivity contribution in [3.63, 3.8) is 0 Å². The van der Waals surface area contributed by atoms with Crippen LogP contribution in [-0.4, -0.2) is 36.8 Å². The molecule has 0 spiro atoms. The Balaban J connectivity index is 1.66. The zero-order valence-corrected chi connectivity index (χ0v) is 14.2. The Morgan fingerprint density at radius 3 is 2.12 bits per heavy atom. The average Bonchev–Trinajstić information content (AvgIpc) is 2.82. The number of azo groups is 1. The maximum absolute atomic E-state index is 5.69. The maximum atomic E-state index is 5.69. The molecule has 0 saturated carbocycles. The lowest BCUT2D eigenvalue weighted by atomic mass is 10.2. The van der Waals surface area contributed by atoms with Gasteiger partial charge in [-0.2, -0.15) is 0 Å². The van der Waals surface area contributed by atoms with Crippen molar-refractivity contribution >= 4 is 22.7 Å². The molecule has 1 aliphatic rings. The van der Waals surface area contributed by atoms with Gasteiger partial charge < -0.3 is 16.0 Å². The Labute approximate surface area is 142 Å². The van der Waals surface area contributed by atoms with Gasteiger partial charge in [-0.25, -0.2) is 0 Å². The van der Waals surface area contributed by atoms with Gasteiger partial charge in [0.25, 0.3) is 6.29 Å². The van der Waals surface area contributed by atoms with Crippen LogP contribution >= 0.6 is 0 Å². The van der Waals surface area contributed by atoms with Gasteiger partial charge in [-0.15, -0.1) is 10.2 Å². The van der Waals surface area contributed by atoms with E-state index in [1.54, 1.807) is 0 Å². The molecule has 0 fully saturated rings. The molecule has 0 radical (unpaired) electrons. The minimum atomic E-state index is -0.0300. The van der Waals surface area contributed by atoms with Crippen molar-refractivity contribution < 1.29 is 4.48 Å². The lowest BCUT2D eigenvalue weighted by Crippen LogP contribution is -2.45. The molecule has 1 unspecified atom stereocenters. The van der Waals surface area contributed by atoms with E-state index < -0.39 is 0 Å². The second-order valence-corrected chi connectivity index (χ2v) is 6.45. The van der Waals surface area contributed by atoms with E-state index in [1.165, 1.54) is 0 Å². The molecule has 24 heavy (non-hydrogen) atoms. The van der Waals surface area contributed by atoms with Crippen LogP contribution in [0.4, 0.5) is 22.7 Å². The third kappa shape index (κ3) is 3.55. The minimum Gasteiger partial charge on any atom is -0.399 e. The summed E-state index contributed by atoms with van der Waals surface area (Å²) >= 11 is 0. The number of nitrogens with two attached hydrogens (primary N) is 1. The highest BCUT2D eigenvalue weighted by atomic mass is 15.6. The summed E-state index contributed by atoms with van der Waals surface area (Å²) in [5.41, 5.74) is 9.27. The molecular formula is C18H23N6+. The second-order valence-electron chi connectivity index (χ2n) is 6.45. The smallest absolute Gasteiger partial charge is 0.285 e. The fourth-order valence-corrected chi connectivity index (χ4v) is 2.58. The highest BCUT2D eigenvalue weighted by molar-refractivity contribution is 5.63. The summed E-state index contributed by atoms with van der Waals surface area (Å²) in [7, 11) is 6.21. The van der Waals surface area contributed by atoms with Crippen molar-refractivity contribution in [1.29, 1.82) is 0 Å². The molecule has 2 aromatic rings. The van der Waals surface area contributed by atoms with Gasteiger partial charge in [-0.05, 0) is 48.5 Å². The molecule has 0 saturated heterocycles. The van der Waals surface area contributed by atoms with Crippen molar-refractivity contribution in [2.24, 2.45) is 10.2 Å². The lowest BCUT2D eigenvalue weighted by Gasteiger charge is -2.28. The minimum absolute atomic E-state index is 0.0300. The van der Waals surface area contributed by atoms with E-state index in [2.05, 4.69) is 40.7 Å². The van der Waals surface area contributed by atoms with Crippen LogP contribution in [0.3, 0.4) is 0 Å². The van der Waals surface area contributed by atoms with Crippen LogP contribution in [0, 0.1) is 0 Å². The summed E-state index contributed by atoms with van der Waals surface area (Å²) in [6, 6.07) is 15.5. The highest BCUT2D eigenvalue weighted by Gasteiger charge is 2.34. The van der Waals surface area contributed by atoms with Crippen LogP contribution in [0.1, 0.15) is 0 Å². The van der Waals surface area contributed by atoms with Crippen molar-refractivity contribution in [3.8, 4) is 0 Å². The van der Waals surface area contributed by atoms with Crippen molar-refractivity contribution in [2.45, 2.75) is 6.29 Å². The first kappa shape index (κ1) is 16.0. The summed E-state index contributed by atoms with van der Waals surface area (Å²) in [6.45, 7) is 0. The quantitative estimate of drug-likeness (QED) is 0.510. The molecule has 1 aliphatic heterocycles. The zero-order valence-electron chi connectivity index (χ0n) is 14.2. The molecule has 1 atom stereocenters. The second kappa shape index (κ2) is 6.33. The molecule has 2 aromatic carbocycles. The molecule has 0 amide bonds. The predicted octanol–water partition coefficient (Wildman–Crippen LogP) is 3.87. The number of nitrogens with one attached hydrogen (secondary N) is 1. The number of benzene rings is 2. The normalized spacial score (nSPS) is 19.1. The number of anilines is 3. The fraction of sp³-hybridized carbons (Fsp3) is 0.222. The zero-order chi connectivity index (χ0) is 17.2. The molecule has 1 heterocycles. The van der Waals surface area contributed by atoms with Crippen LogP contribution in [0.25, 0.3) is 0 Å². The van der Waals surface area contributed by atoms with Crippen LogP contribution in [0.2, 0.25) is 0 Å². The van der Waals surface area contributed by atoms with E-state index in [4.69, 9.17) is 5.73 Å². The number of hydrogen-bond donors (Lipinski definition) is 2. The van der Waals surface area contributed by atoms with Gasteiger partial charge in [0.05, 0.1) is 26.0 Å². The Hall–Kier alpha value is -2.86. The molecule has 3 N–H and O–H groups in total. The largest absolute Gasteiger partial charge is 0.399 e. The third-order valence-electron chi connectivity index (χ3n) is 3.99. The first-order valence-electron chi connectivity index (χ1n) is 7.82. The van der Waals surface area contributed by atoms with Gasteiger partial charge in [-0.1, -0.05) is 0 Å². The first-order valence-corrected chi connectivity index (χ1v) is 7.82. The number of rotatable bonds is 4. The Morgan fingerprint density at radius 2 is 1.58 bits per heavy atom. The SMILES string of the molecule is CN1C=C[N+](C)(C)C1N=Nc1ccc(Nc2ccc(N)cc2)cc1. The molecule has 0 bridgehead atoms. The summed E-state index contributed by atoms with van der Waals surface area (Å²) in [4.78, 5) is 2.06. The van der Waals surface area contributed by atoms with Crippen molar-refractivity contribution in [1.82, 2.24) is 4.90 Å². The molecule has 6 nitrogen and oxygen atoms in total. The number of hydrogen-bond acceptors (Lipinski definition) is 5. The van der Waals surface area contributed by atoms with Crippen LogP contribution < -0.4 is 11.1 Å². The van der Waals surface area contributed by atoms with Gasteiger partial charge in [0.15, 0.2) is 0 Å². The van der Waals surface area contributed by atoms with E-state index >= 15 is 0 Å². The van der Waals surface area contributed by atoms with Gasteiger partial charge in [0.2, 0.25) is 0 Å². The number of quaternary nitrogens is 1. The van der Waals surface area contributed by atoms with E-state index in [-0.39, 0.29) is 6.29 Å². The van der Waals surface area contributed by atoms with Crippen LogP contribution in [0.15, 0.2) is 71.2 Å². The predicted molar refractivity (Wildman–Crippen MR) is 97.9 cm³/mol. The molecule has 3 rings (SSSR count). The van der Waals surface area contributed by atoms with Crippen molar-refractivity contribution in [2.75, 3.05) is 32.2 Å². The first-order chi connectivity index (χ1) is 11.4. The highest BCUT2D eigenvalue weighted by Crippen LogP contribution is 2.24. The van der Waals surface area contributed by atoms with E-state index in [1.807, 2.05) is 61.8 Å². The number of nitrogen functional groups attached to an aromatic ring is 1. The van der Waals surface area contributed by atoms with Gasteiger partial charge in [0, 0.05) is 24.1 Å². The molecule has 0 aromatic heterocycles. The van der Waals surface area contributed by atoms with Crippen LogP contribution in [0.5, 0.6) is 0 Å². The van der Waals surface area contributed by atoms with E-state index in [9.17, 15) is 0 Å². The van der Waals surface area contributed by atoms with Gasteiger partial charge in [0.1, 0.15) is 6.20 Å².